The van der Waals surface area contributed by atoms with Crippen LogP contribution in [0.5, 0.6) is 0 Å². The minimum absolute atomic E-state index is 0.796. The normalized spacial score (nSPS) is 17.7. The van der Waals surface area contributed by atoms with E-state index in [0.717, 1.165) is 30.2 Å². The van der Waals surface area contributed by atoms with E-state index in [0.29, 0.717) is 0 Å². The van der Waals surface area contributed by atoms with Gasteiger partial charge in [0.25, 0.3) is 0 Å². The van der Waals surface area contributed by atoms with Crippen molar-refractivity contribution in [3.63, 3.8) is 0 Å². The van der Waals surface area contributed by atoms with Gasteiger partial charge >= 0.3 is 0 Å². The summed E-state index contributed by atoms with van der Waals surface area (Å²) in [5.74, 6) is 0.847. The highest BCUT2D eigenvalue weighted by Crippen LogP contribution is 2.15. The molecule has 0 bridgehead atoms. The van der Waals surface area contributed by atoms with E-state index in [1.165, 1.54) is 19.3 Å². The minimum atomic E-state index is 0.796. The molecule has 2 rings (SSSR count). The maximum absolute atomic E-state index is 5.83. The molecular weight excluding hydrogens is 188 g/mol. The number of hydrogen-bond acceptors (Lipinski definition) is 4. The van der Waals surface area contributed by atoms with Crippen molar-refractivity contribution in [3.05, 3.63) is 17.8 Å². The first-order valence-electron chi connectivity index (χ1n) is 5.49. The van der Waals surface area contributed by atoms with Crippen LogP contribution in [0, 0.1) is 6.92 Å². The number of nitrogens with two attached hydrogens (primary N) is 1. The third-order valence-corrected chi connectivity index (χ3v) is 2.77. The molecule has 0 amide bonds. The average molecular weight is 206 g/mol. The molecule has 0 atom stereocenters. The SMILES string of the molecule is Cc1cnc(NN2CCCCC2)cc1N. The van der Waals surface area contributed by atoms with Gasteiger partial charge in [-0.3, -0.25) is 0 Å². The number of pyridine rings is 1. The second kappa shape index (κ2) is 4.49. The van der Waals surface area contributed by atoms with Gasteiger partial charge in [0.15, 0.2) is 0 Å². The molecule has 4 nitrogen and oxygen atoms in total. The molecule has 0 aromatic carbocycles. The van der Waals surface area contributed by atoms with Crippen molar-refractivity contribution in [1.82, 2.24) is 9.99 Å². The Labute approximate surface area is 90.5 Å². The van der Waals surface area contributed by atoms with Crippen LogP contribution in [-0.4, -0.2) is 23.1 Å². The Kier molecular flexibility index (Phi) is 3.06. The summed E-state index contributed by atoms with van der Waals surface area (Å²) < 4.78 is 0. The smallest absolute Gasteiger partial charge is 0.142 e. The van der Waals surface area contributed by atoms with Gasteiger partial charge in [-0.1, -0.05) is 6.42 Å². The van der Waals surface area contributed by atoms with Crippen LogP contribution < -0.4 is 11.2 Å². The summed E-state index contributed by atoms with van der Waals surface area (Å²) in [6.07, 6.45) is 5.66. The van der Waals surface area contributed by atoms with Crippen LogP contribution >= 0.6 is 0 Å². The lowest BCUT2D eigenvalue weighted by molar-refractivity contribution is 0.272. The van der Waals surface area contributed by atoms with Crippen molar-refractivity contribution in [2.24, 2.45) is 0 Å². The van der Waals surface area contributed by atoms with Gasteiger partial charge in [-0.25, -0.2) is 9.99 Å². The topological polar surface area (TPSA) is 54.2 Å². The number of aryl methyl sites for hydroxylation is 1. The Morgan fingerprint density at radius 2 is 2.07 bits per heavy atom. The van der Waals surface area contributed by atoms with Crippen LogP contribution in [0.15, 0.2) is 12.3 Å². The Hall–Kier alpha value is -1.29. The van der Waals surface area contributed by atoms with Crippen LogP contribution in [0.25, 0.3) is 0 Å². The molecule has 0 spiro atoms. The highest BCUT2D eigenvalue weighted by Gasteiger charge is 2.10. The Morgan fingerprint density at radius 1 is 1.33 bits per heavy atom. The predicted octanol–water partition coefficient (Wildman–Crippen LogP) is 1.79. The number of rotatable bonds is 2. The van der Waals surface area contributed by atoms with Crippen LogP contribution in [0.2, 0.25) is 0 Å². The average Bonchev–Trinajstić information content (AvgIpc) is 2.25. The standard InChI is InChI=1S/C11H18N4/c1-9-8-13-11(7-10(9)12)14-15-5-3-2-4-6-15/h7-8H,2-6H2,1H3,(H3,12,13,14). The molecule has 3 N–H and O–H groups in total. The second-order valence-electron chi connectivity index (χ2n) is 4.09. The number of piperidine rings is 1. The number of aromatic nitrogens is 1. The number of nitrogens with one attached hydrogen (secondary N) is 1. The number of hydrogen-bond donors (Lipinski definition) is 2. The molecule has 0 aliphatic carbocycles. The molecule has 0 saturated carbocycles. The van der Waals surface area contributed by atoms with Gasteiger partial charge in [0.2, 0.25) is 0 Å². The molecule has 4 heteroatoms. The number of nitrogen functional groups attached to an aromatic ring is 1. The largest absolute Gasteiger partial charge is 0.398 e. The third-order valence-electron chi connectivity index (χ3n) is 2.77. The second-order valence-corrected chi connectivity index (χ2v) is 4.09. The van der Waals surface area contributed by atoms with E-state index < -0.39 is 0 Å². The molecule has 1 fully saturated rings. The van der Waals surface area contributed by atoms with Crippen molar-refractivity contribution in [1.29, 1.82) is 0 Å². The number of anilines is 2. The van der Waals surface area contributed by atoms with E-state index in [2.05, 4.69) is 15.4 Å². The first-order valence-corrected chi connectivity index (χ1v) is 5.49. The molecule has 0 unspecified atom stereocenters. The maximum Gasteiger partial charge on any atom is 0.142 e. The lowest BCUT2D eigenvalue weighted by Crippen LogP contribution is -2.35. The summed E-state index contributed by atoms with van der Waals surface area (Å²) in [5.41, 5.74) is 10.9. The van der Waals surface area contributed by atoms with E-state index in [1.807, 2.05) is 19.2 Å². The third kappa shape index (κ3) is 2.59. The molecule has 0 radical (unpaired) electrons. The molecule has 1 aromatic heterocycles. The zero-order chi connectivity index (χ0) is 10.7. The van der Waals surface area contributed by atoms with Crippen LogP contribution in [0.4, 0.5) is 11.5 Å². The van der Waals surface area contributed by atoms with Crippen molar-refractivity contribution in [2.75, 3.05) is 24.2 Å². The fourth-order valence-electron chi connectivity index (χ4n) is 1.77. The molecule has 1 aliphatic heterocycles. The predicted molar refractivity (Wildman–Crippen MR) is 62.4 cm³/mol. The molecule has 1 aliphatic rings. The molecule has 82 valence electrons. The highest BCUT2D eigenvalue weighted by atomic mass is 15.5. The quantitative estimate of drug-likeness (QED) is 0.774. The van der Waals surface area contributed by atoms with Gasteiger partial charge in [-0.05, 0) is 25.3 Å². The zero-order valence-corrected chi connectivity index (χ0v) is 9.16. The van der Waals surface area contributed by atoms with E-state index >= 15 is 0 Å². The van der Waals surface area contributed by atoms with Crippen molar-refractivity contribution in [2.45, 2.75) is 26.2 Å². The van der Waals surface area contributed by atoms with Gasteiger partial charge in [0.1, 0.15) is 5.82 Å². The van der Waals surface area contributed by atoms with E-state index in [1.54, 1.807) is 0 Å². The fourth-order valence-corrected chi connectivity index (χ4v) is 1.77. The summed E-state index contributed by atoms with van der Waals surface area (Å²) in [6.45, 7) is 4.15. The Morgan fingerprint density at radius 3 is 2.73 bits per heavy atom. The number of hydrazine groups is 1. The first kappa shape index (κ1) is 10.2. The molecule has 1 aromatic rings. The fraction of sp³-hybridized carbons (Fsp3) is 0.545. The van der Waals surface area contributed by atoms with Crippen LogP contribution in [0.1, 0.15) is 24.8 Å². The van der Waals surface area contributed by atoms with Gasteiger partial charge < -0.3 is 11.2 Å². The summed E-state index contributed by atoms with van der Waals surface area (Å²) in [5, 5.41) is 2.21. The van der Waals surface area contributed by atoms with Crippen molar-refractivity contribution < 1.29 is 0 Å². The van der Waals surface area contributed by atoms with Gasteiger partial charge in [0, 0.05) is 31.0 Å². The monoisotopic (exact) mass is 206 g/mol. The first-order chi connectivity index (χ1) is 7.25. The molecule has 15 heavy (non-hydrogen) atoms. The van der Waals surface area contributed by atoms with Crippen molar-refractivity contribution >= 4 is 11.5 Å². The van der Waals surface area contributed by atoms with E-state index in [9.17, 15) is 0 Å². The maximum atomic E-state index is 5.83. The molecule has 2 heterocycles. The minimum Gasteiger partial charge on any atom is -0.398 e. The summed E-state index contributed by atoms with van der Waals surface area (Å²) in [6, 6.07) is 1.89. The van der Waals surface area contributed by atoms with Gasteiger partial charge in [-0.15, -0.1) is 0 Å². The zero-order valence-electron chi connectivity index (χ0n) is 9.16. The summed E-state index contributed by atoms with van der Waals surface area (Å²) in [7, 11) is 0. The van der Waals surface area contributed by atoms with Gasteiger partial charge in [-0.2, -0.15) is 0 Å². The lowest BCUT2D eigenvalue weighted by atomic mass is 10.2. The number of nitrogens with zero attached hydrogens (tertiary/aromatic N) is 2. The molecular formula is C11H18N4. The summed E-state index contributed by atoms with van der Waals surface area (Å²) in [4.78, 5) is 4.30. The van der Waals surface area contributed by atoms with Crippen molar-refractivity contribution in [3.8, 4) is 0 Å². The van der Waals surface area contributed by atoms with E-state index in [-0.39, 0.29) is 0 Å². The molecule has 1 saturated heterocycles. The van der Waals surface area contributed by atoms with Crippen LogP contribution in [0.3, 0.4) is 0 Å². The summed E-state index contributed by atoms with van der Waals surface area (Å²) >= 11 is 0. The van der Waals surface area contributed by atoms with Crippen LogP contribution in [-0.2, 0) is 0 Å². The lowest BCUT2D eigenvalue weighted by Gasteiger charge is -2.27. The van der Waals surface area contributed by atoms with Gasteiger partial charge in [0.05, 0.1) is 0 Å². The Balaban J connectivity index is 2.00. The Bertz CT molecular complexity index is 331. The highest BCUT2D eigenvalue weighted by molar-refractivity contribution is 5.53. The van der Waals surface area contributed by atoms with E-state index in [4.69, 9.17) is 5.73 Å².